The maximum absolute atomic E-state index is 12.3. The van der Waals surface area contributed by atoms with Gasteiger partial charge in [0.05, 0.1) is 17.9 Å². The van der Waals surface area contributed by atoms with Crippen molar-refractivity contribution < 1.29 is 9.53 Å². The standard InChI is InChI=1S/C27H31ClN6O2/c1-33-10-12-34(13-11-33)9-2-14-36-22-6-3-19(4-7-22)15-21-17-26(32-31-21)29-18-24-23-16-20(28)5-8-25(23)30-27(24)35/h3-8,16-18H,2,9-15H2,1H3,(H,30,35)(H2,29,31,32). The number of aromatic nitrogens is 2. The Bertz CT molecular complexity index is 1230. The maximum Gasteiger partial charge on any atom is 0.257 e. The minimum absolute atomic E-state index is 0.166. The number of ether oxygens (including phenoxy) is 1. The maximum atomic E-state index is 12.3. The third kappa shape index (κ3) is 6.07. The van der Waals surface area contributed by atoms with Crippen molar-refractivity contribution in [3.05, 3.63) is 76.6 Å². The lowest BCUT2D eigenvalue weighted by Gasteiger charge is -2.32. The van der Waals surface area contributed by atoms with Crippen LogP contribution in [0.3, 0.4) is 0 Å². The first-order chi connectivity index (χ1) is 17.5. The lowest BCUT2D eigenvalue weighted by molar-refractivity contribution is -0.110. The van der Waals surface area contributed by atoms with Crippen LogP contribution in [-0.2, 0) is 11.2 Å². The molecule has 188 valence electrons. The third-order valence-electron chi connectivity index (χ3n) is 6.56. The van der Waals surface area contributed by atoms with Gasteiger partial charge < -0.3 is 25.2 Å². The molecule has 1 saturated heterocycles. The van der Waals surface area contributed by atoms with E-state index in [-0.39, 0.29) is 5.91 Å². The van der Waals surface area contributed by atoms with Gasteiger partial charge in [-0.25, -0.2) is 0 Å². The van der Waals surface area contributed by atoms with Crippen LogP contribution in [0, 0.1) is 0 Å². The van der Waals surface area contributed by atoms with Crippen molar-refractivity contribution >= 4 is 34.6 Å². The van der Waals surface area contributed by atoms with E-state index in [9.17, 15) is 4.79 Å². The molecule has 9 heteroatoms. The van der Waals surface area contributed by atoms with Gasteiger partial charge >= 0.3 is 0 Å². The van der Waals surface area contributed by atoms with Gasteiger partial charge in [-0.3, -0.25) is 9.89 Å². The summed E-state index contributed by atoms with van der Waals surface area (Å²) in [6.45, 7) is 6.40. The number of halogens is 1. The number of nitrogens with one attached hydrogen (secondary N) is 3. The van der Waals surface area contributed by atoms with E-state index in [1.807, 2.05) is 18.2 Å². The number of rotatable bonds is 9. The van der Waals surface area contributed by atoms with Crippen LogP contribution in [0.5, 0.6) is 5.75 Å². The highest BCUT2D eigenvalue weighted by molar-refractivity contribution is 6.34. The van der Waals surface area contributed by atoms with E-state index in [4.69, 9.17) is 16.3 Å². The predicted molar refractivity (Wildman–Crippen MR) is 144 cm³/mol. The van der Waals surface area contributed by atoms with Gasteiger partial charge in [0.1, 0.15) is 11.6 Å². The molecule has 0 radical (unpaired) electrons. The summed E-state index contributed by atoms with van der Waals surface area (Å²) < 4.78 is 5.93. The molecule has 3 aromatic rings. The highest BCUT2D eigenvalue weighted by atomic mass is 35.5. The second-order valence-electron chi connectivity index (χ2n) is 9.29. The number of hydrogen-bond donors (Lipinski definition) is 3. The van der Waals surface area contributed by atoms with Crippen LogP contribution in [0.25, 0.3) is 5.57 Å². The van der Waals surface area contributed by atoms with Crippen LogP contribution in [0.2, 0.25) is 5.02 Å². The normalized spacial score (nSPS) is 17.3. The van der Waals surface area contributed by atoms with E-state index >= 15 is 0 Å². The summed E-state index contributed by atoms with van der Waals surface area (Å²) in [5.74, 6) is 1.44. The quantitative estimate of drug-likeness (QED) is 0.299. The van der Waals surface area contributed by atoms with E-state index in [1.54, 1.807) is 24.4 Å². The smallest absolute Gasteiger partial charge is 0.257 e. The van der Waals surface area contributed by atoms with Crippen molar-refractivity contribution in [2.45, 2.75) is 12.8 Å². The van der Waals surface area contributed by atoms with Gasteiger partial charge in [-0.1, -0.05) is 23.7 Å². The second-order valence-corrected chi connectivity index (χ2v) is 9.72. The fourth-order valence-electron chi connectivity index (χ4n) is 4.44. The number of likely N-dealkylation sites (N-methyl/N-ethyl adjacent to an activating group) is 1. The first-order valence-corrected chi connectivity index (χ1v) is 12.7. The van der Waals surface area contributed by atoms with E-state index in [2.05, 4.69) is 49.8 Å². The van der Waals surface area contributed by atoms with Gasteiger partial charge in [-0.05, 0) is 49.4 Å². The van der Waals surface area contributed by atoms with Crippen molar-refractivity contribution in [3.8, 4) is 5.75 Å². The summed E-state index contributed by atoms with van der Waals surface area (Å²) in [4.78, 5) is 17.2. The number of hydrogen-bond acceptors (Lipinski definition) is 6. The highest BCUT2D eigenvalue weighted by Crippen LogP contribution is 2.33. The molecule has 0 atom stereocenters. The number of piperazine rings is 1. The number of fused-ring (bicyclic) bond motifs is 1. The SMILES string of the molecule is CN1CCN(CCCOc2ccc(Cc3cc(NC=C4C(=O)Nc5ccc(Cl)cc54)[nH]n3)cc2)CC1. The molecule has 1 amide bonds. The molecular formula is C27H31ClN6O2. The molecule has 3 heterocycles. The molecule has 0 unspecified atom stereocenters. The Kier molecular flexibility index (Phi) is 7.55. The molecule has 3 N–H and O–H groups in total. The van der Waals surface area contributed by atoms with Crippen molar-refractivity contribution in [2.75, 3.05) is 57.0 Å². The number of carbonyl (C=O) groups excluding carboxylic acids is 1. The zero-order valence-corrected chi connectivity index (χ0v) is 21.1. The van der Waals surface area contributed by atoms with Gasteiger partial charge in [-0.15, -0.1) is 0 Å². The van der Waals surface area contributed by atoms with Gasteiger partial charge in [0.15, 0.2) is 0 Å². The number of H-pyrrole nitrogens is 1. The summed E-state index contributed by atoms with van der Waals surface area (Å²) in [7, 11) is 2.18. The van der Waals surface area contributed by atoms with Crippen LogP contribution in [0.4, 0.5) is 11.5 Å². The zero-order chi connectivity index (χ0) is 24.9. The molecule has 0 saturated carbocycles. The lowest BCUT2D eigenvalue weighted by atomic mass is 10.1. The van der Waals surface area contributed by atoms with Gasteiger partial charge in [-0.2, -0.15) is 5.10 Å². The monoisotopic (exact) mass is 506 g/mol. The Morgan fingerprint density at radius 1 is 1.11 bits per heavy atom. The summed E-state index contributed by atoms with van der Waals surface area (Å²) in [5.41, 5.74) is 4.11. The van der Waals surface area contributed by atoms with Crippen LogP contribution >= 0.6 is 11.6 Å². The predicted octanol–water partition coefficient (Wildman–Crippen LogP) is 4.08. The Hall–Kier alpha value is -3.33. The molecular weight excluding hydrogens is 476 g/mol. The van der Waals surface area contributed by atoms with Crippen molar-refractivity contribution in [1.29, 1.82) is 0 Å². The summed E-state index contributed by atoms with van der Waals surface area (Å²) in [6.07, 6.45) is 3.40. The number of aromatic amines is 1. The van der Waals surface area contributed by atoms with Crippen LogP contribution in [0.1, 0.15) is 23.2 Å². The fraction of sp³-hybridized carbons (Fsp3) is 0.333. The van der Waals surface area contributed by atoms with E-state index in [0.717, 1.165) is 74.0 Å². The molecule has 2 aromatic carbocycles. The topological polar surface area (TPSA) is 85.5 Å². The largest absolute Gasteiger partial charge is 0.494 e. The number of nitrogens with zero attached hydrogens (tertiary/aromatic N) is 3. The molecule has 5 rings (SSSR count). The van der Waals surface area contributed by atoms with Crippen LogP contribution in [-0.4, -0.2) is 72.3 Å². The molecule has 36 heavy (non-hydrogen) atoms. The third-order valence-corrected chi connectivity index (χ3v) is 6.79. The number of benzene rings is 2. The molecule has 0 bridgehead atoms. The summed E-state index contributed by atoms with van der Waals surface area (Å²) in [6, 6.07) is 15.5. The molecule has 1 fully saturated rings. The minimum atomic E-state index is -0.166. The van der Waals surface area contributed by atoms with Gasteiger partial charge in [0.2, 0.25) is 0 Å². The van der Waals surface area contributed by atoms with Crippen LogP contribution < -0.4 is 15.4 Å². The summed E-state index contributed by atoms with van der Waals surface area (Å²) in [5, 5.41) is 13.9. The van der Waals surface area contributed by atoms with Crippen molar-refractivity contribution in [2.24, 2.45) is 0 Å². The van der Waals surface area contributed by atoms with Crippen molar-refractivity contribution in [3.63, 3.8) is 0 Å². The average Bonchev–Trinajstić information content (AvgIpc) is 3.45. The molecule has 0 aliphatic carbocycles. The lowest BCUT2D eigenvalue weighted by Crippen LogP contribution is -2.44. The Balaban J connectivity index is 1.09. The molecule has 2 aliphatic rings. The zero-order valence-electron chi connectivity index (χ0n) is 20.4. The molecule has 1 aromatic heterocycles. The van der Waals surface area contributed by atoms with E-state index < -0.39 is 0 Å². The number of carbonyl (C=O) groups is 1. The summed E-state index contributed by atoms with van der Waals surface area (Å²) >= 11 is 6.09. The van der Waals surface area contributed by atoms with Crippen LogP contribution in [0.15, 0.2) is 54.7 Å². The van der Waals surface area contributed by atoms with Gasteiger partial charge in [0, 0.05) is 67.7 Å². The Labute approximate surface area is 216 Å². The van der Waals surface area contributed by atoms with E-state index in [0.29, 0.717) is 22.8 Å². The molecule has 2 aliphatic heterocycles. The molecule has 8 nitrogen and oxygen atoms in total. The first-order valence-electron chi connectivity index (χ1n) is 12.3. The Morgan fingerprint density at radius 2 is 1.92 bits per heavy atom. The number of anilines is 2. The molecule has 0 spiro atoms. The first kappa shape index (κ1) is 24.4. The van der Waals surface area contributed by atoms with E-state index in [1.165, 1.54) is 0 Å². The Morgan fingerprint density at radius 3 is 2.72 bits per heavy atom. The highest BCUT2D eigenvalue weighted by Gasteiger charge is 2.24. The average molecular weight is 507 g/mol. The fourth-order valence-corrected chi connectivity index (χ4v) is 4.62. The minimum Gasteiger partial charge on any atom is -0.494 e. The second kappa shape index (κ2) is 11.2. The van der Waals surface area contributed by atoms with Gasteiger partial charge in [0.25, 0.3) is 5.91 Å². The number of amides is 1. The van der Waals surface area contributed by atoms with Crippen molar-refractivity contribution in [1.82, 2.24) is 20.0 Å².